The van der Waals surface area contributed by atoms with Crippen molar-refractivity contribution in [3.05, 3.63) is 59.2 Å². The van der Waals surface area contributed by atoms with Gasteiger partial charge in [0.05, 0.1) is 5.56 Å². The first-order chi connectivity index (χ1) is 19.8. The second kappa shape index (κ2) is 12.3. The number of carboxylic acids is 1. The van der Waals surface area contributed by atoms with Crippen molar-refractivity contribution in [2.24, 2.45) is 5.92 Å². The molecule has 0 bridgehead atoms. The Labute approximate surface area is 236 Å². The number of carbonyl (C=O) groups excluding carboxylic acids is 2. The van der Waals surface area contributed by atoms with Crippen LogP contribution >= 0.6 is 0 Å². The van der Waals surface area contributed by atoms with Crippen molar-refractivity contribution in [2.45, 2.75) is 52.6 Å². The second-order valence-electron chi connectivity index (χ2n) is 9.69. The van der Waals surface area contributed by atoms with E-state index in [1.54, 1.807) is 32.9 Å². The largest absolute Gasteiger partial charge is 0.480 e. The van der Waals surface area contributed by atoms with Crippen molar-refractivity contribution in [1.29, 1.82) is 0 Å². The molecule has 4 rings (SSSR count). The monoisotopic (exact) mass is 588 g/mol. The fraction of sp³-hybridized carbons (Fsp3) is 0.333. The molecule has 222 valence electrons. The van der Waals surface area contributed by atoms with Gasteiger partial charge in [0, 0.05) is 16.6 Å². The number of aryl methyl sites for hydroxylation is 1. The van der Waals surface area contributed by atoms with E-state index < -0.39 is 42.5 Å². The molecule has 0 radical (unpaired) electrons. The van der Waals surface area contributed by atoms with Crippen LogP contribution in [0.5, 0.6) is 0 Å². The normalized spacial score (nSPS) is 12.4. The Morgan fingerprint density at radius 2 is 1.88 bits per heavy atom. The molecule has 0 spiro atoms. The number of hydrogen-bond acceptors (Lipinski definition) is 8. The highest BCUT2D eigenvalue weighted by Crippen LogP contribution is 2.34. The van der Waals surface area contributed by atoms with Gasteiger partial charge in [-0.3, -0.25) is 4.79 Å². The van der Waals surface area contributed by atoms with Gasteiger partial charge in [-0.1, -0.05) is 39.3 Å². The quantitative estimate of drug-likeness (QED) is 0.229. The van der Waals surface area contributed by atoms with E-state index in [2.05, 4.69) is 26.0 Å². The summed E-state index contributed by atoms with van der Waals surface area (Å²) in [6.45, 7) is 4.59. The first-order valence-corrected chi connectivity index (χ1v) is 12.8. The smallest absolute Gasteiger partial charge is 0.416 e. The molecule has 0 unspecified atom stereocenters. The number of fused-ring (bicyclic) bond motifs is 1. The van der Waals surface area contributed by atoms with E-state index in [1.807, 2.05) is 0 Å². The summed E-state index contributed by atoms with van der Waals surface area (Å²) in [6, 6.07) is 8.68. The van der Waals surface area contributed by atoms with Crippen LogP contribution < -0.4 is 10.6 Å². The molecule has 12 nitrogen and oxygen atoms in total. The van der Waals surface area contributed by atoms with Crippen LogP contribution in [0.3, 0.4) is 0 Å². The lowest BCUT2D eigenvalue weighted by molar-refractivity contribution is -0.140. The Hall–Kier alpha value is -4.95. The fourth-order valence-electron chi connectivity index (χ4n) is 4.09. The van der Waals surface area contributed by atoms with Gasteiger partial charge in [-0.2, -0.15) is 13.2 Å². The van der Waals surface area contributed by atoms with Gasteiger partial charge in [0.15, 0.2) is 5.76 Å². The minimum Gasteiger partial charge on any atom is -0.480 e. The number of halogens is 3. The molecular formula is C27H27F3N6O6. The molecule has 0 aliphatic heterocycles. The van der Waals surface area contributed by atoms with Crippen molar-refractivity contribution in [3.8, 4) is 11.6 Å². The minimum absolute atomic E-state index is 0.00631. The van der Waals surface area contributed by atoms with Crippen LogP contribution in [-0.2, 0) is 28.9 Å². The number of aliphatic carboxylic acids is 1. The Morgan fingerprint density at radius 3 is 2.55 bits per heavy atom. The standard InChI is InChI=1S/C27H27F3N6O6/c1-4-5-15-8-9-18(12-19(15)27(28,29)30)31-24(37)17-7-6-16-10-21(42-20(16)11-17)23-33-35-36(34-23)13-41-26(40)32-22(14(2)3)25(38)39/h6-12,14,22H,4-5,13H2,1-3H3,(H,31,37)(H,32,40)(H,38,39)/t22-/m0/s1. The van der Waals surface area contributed by atoms with E-state index >= 15 is 0 Å². The summed E-state index contributed by atoms with van der Waals surface area (Å²) < 4.78 is 51.3. The zero-order chi connectivity index (χ0) is 30.6. The maximum absolute atomic E-state index is 13.5. The van der Waals surface area contributed by atoms with E-state index in [0.717, 1.165) is 10.9 Å². The molecule has 2 amide bonds. The summed E-state index contributed by atoms with van der Waals surface area (Å²) in [5.41, 5.74) is -0.198. The third-order valence-corrected chi connectivity index (χ3v) is 6.17. The summed E-state index contributed by atoms with van der Waals surface area (Å²) in [4.78, 5) is 36.9. The highest BCUT2D eigenvalue weighted by atomic mass is 19.4. The van der Waals surface area contributed by atoms with Gasteiger partial charge in [0.2, 0.25) is 12.6 Å². The molecule has 3 N–H and O–H groups in total. The van der Waals surface area contributed by atoms with E-state index in [-0.39, 0.29) is 46.3 Å². The summed E-state index contributed by atoms with van der Waals surface area (Å²) in [5, 5.41) is 26.2. The first-order valence-electron chi connectivity index (χ1n) is 12.8. The Bertz CT molecular complexity index is 1610. The molecular weight excluding hydrogens is 561 g/mol. The van der Waals surface area contributed by atoms with Gasteiger partial charge in [-0.25, -0.2) is 9.59 Å². The van der Waals surface area contributed by atoms with Crippen LogP contribution in [0.2, 0.25) is 0 Å². The van der Waals surface area contributed by atoms with Gasteiger partial charge in [-0.05, 0) is 53.4 Å². The molecule has 0 aliphatic carbocycles. The molecule has 4 aromatic rings. The van der Waals surface area contributed by atoms with Gasteiger partial charge in [0.25, 0.3) is 5.91 Å². The number of benzene rings is 2. The first kappa shape index (κ1) is 30.0. The van der Waals surface area contributed by atoms with Crippen molar-refractivity contribution in [1.82, 2.24) is 25.5 Å². The predicted molar refractivity (Wildman–Crippen MR) is 142 cm³/mol. The van der Waals surface area contributed by atoms with Gasteiger partial charge < -0.3 is 24.9 Å². The topological polar surface area (TPSA) is 161 Å². The van der Waals surface area contributed by atoms with E-state index in [4.69, 9.17) is 14.3 Å². The Kier molecular flexibility index (Phi) is 8.78. The van der Waals surface area contributed by atoms with Crippen molar-refractivity contribution in [2.75, 3.05) is 5.32 Å². The maximum atomic E-state index is 13.5. The van der Waals surface area contributed by atoms with Crippen LogP contribution in [-0.4, -0.2) is 49.3 Å². The van der Waals surface area contributed by atoms with Crippen LogP contribution in [0.1, 0.15) is 48.7 Å². The third-order valence-electron chi connectivity index (χ3n) is 6.17. The van der Waals surface area contributed by atoms with Crippen LogP contribution in [0, 0.1) is 5.92 Å². The van der Waals surface area contributed by atoms with E-state index in [0.29, 0.717) is 11.8 Å². The molecule has 2 aromatic heterocycles. The Morgan fingerprint density at radius 1 is 1.12 bits per heavy atom. The lowest BCUT2D eigenvalue weighted by atomic mass is 10.0. The number of amides is 2. The number of ether oxygens (including phenoxy) is 1. The van der Waals surface area contributed by atoms with Gasteiger partial charge in [-0.15, -0.1) is 15.0 Å². The zero-order valence-electron chi connectivity index (χ0n) is 22.7. The lowest BCUT2D eigenvalue weighted by Crippen LogP contribution is -2.44. The molecule has 0 fully saturated rings. The fourth-order valence-corrected chi connectivity index (χ4v) is 4.09. The number of alkyl halides is 3. The number of aromatic nitrogens is 4. The number of anilines is 1. The highest BCUT2D eigenvalue weighted by Gasteiger charge is 2.33. The third kappa shape index (κ3) is 7.03. The number of tetrazole rings is 1. The summed E-state index contributed by atoms with van der Waals surface area (Å²) in [7, 11) is 0. The molecule has 0 saturated carbocycles. The average Bonchev–Trinajstić information content (AvgIpc) is 3.57. The lowest BCUT2D eigenvalue weighted by Gasteiger charge is -2.17. The number of hydrogen-bond donors (Lipinski definition) is 3. The number of furan rings is 1. The van der Waals surface area contributed by atoms with Crippen molar-refractivity contribution in [3.63, 3.8) is 0 Å². The second-order valence-corrected chi connectivity index (χ2v) is 9.69. The van der Waals surface area contributed by atoms with Crippen LogP contribution in [0.25, 0.3) is 22.6 Å². The van der Waals surface area contributed by atoms with Gasteiger partial charge in [0.1, 0.15) is 11.6 Å². The number of carboxylic acid groups (broad SMARTS) is 1. The number of rotatable bonds is 10. The molecule has 42 heavy (non-hydrogen) atoms. The average molecular weight is 589 g/mol. The summed E-state index contributed by atoms with van der Waals surface area (Å²) >= 11 is 0. The molecule has 0 aliphatic rings. The molecule has 2 aromatic carbocycles. The number of carbonyl (C=O) groups is 3. The van der Waals surface area contributed by atoms with Crippen molar-refractivity contribution >= 4 is 34.6 Å². The predicted octanol–water partition coefficient (Wildman–Crippen LogP) is 5.10. The van der Waals surface area contributed by atoms with Crippen LogP contribution in [0.15, 0.2) is 46.9 Å². The zero-order valence-corrected chi connectivity index (χ0v) is 22.7. The maximum Gasteiger partial charge on any atom is 0.416 e. The molecule has 0 saturated heterocycles. The number of nitrogens with zero attached hydrogens (tertiary/aromatic N) is 4. The number of nitrogens with one attached hydrogen (secondary N) is 2. The SMILES string of the molecule is CCCc1ccc(NC(=O)c2ccc3cc(-c4nnn(COC(=O)N[C@H](C(=O)O)C(C)C)n4)oc3c2)cc1C(F)(F)F. The summed E-state index contributed by atoms with van der Waals surface area (Å²) in [5.74, 6) is -1.98. The Balaban J connectivity index is 1.44. The van der Waals surface area contributed by atoms with Crippen LogP contribution in [0.4, 0.5) is 23.7 Å². The van der Waals surface area contributed by atoms with E-state index in [1.165, 1.54) is 24.3 Å². The van der Waals surface area contributed by atoms with Crippen molar-refractivity contribution < 1.29 is 41.8 Å². The highest BCUT2D eigenvalue weighted by molar-refractivity contribution is 6.06. The minimum atomic E-state index is -4.56. The number of alkyl carbamates (subject to hydrolysis) is 1. The van der Waals surface area contributed by atoms with E-state index in [9.17, 15) is 27.6 Å². The molecule has 2 heterocycles. The summed E-state index contributed by atoms with van der Waals surface area (Å²) in [6.07, 6.45) is -4.72. The van der Waals surface area contributed by atoms with Gasteiger partial charge >= 0.3 is 18.2 Å². The molecule has 15 heteroatoms. The molecule has 1 atom stereocenters.